The smallest absolute Gasteiger partial charge is 0.425 e. The second kappa shape index (κ2) is 7.00. The summed E-state index contributed by atoms with van der Waals surface area (Å²) in [7, 11) is 2.69. The number of hydrazine groups is 1. The standard InChI is InChI=1S/C11H14N2O5/c1-16-8-5-3-4-6-9(8)18-7-10(14)12-13-11(15)17-2/h3-6H,7H2,1-2H3,(H,12,14)(H,13,15). The molecule has 0 unspecified atom stereocenters. The number of ether oxygens (including phenoxy) is 3. The molecule has 7 nitrogen and oxygen atoms in total. The summed E-state index contributed by atoms with van der Waals surface area (Å²) >= 11 is 0. The van der Waals surface area contributed by atoms with Crippen LogP contribution in [0.4, 0.5) is 4.79 Å². The van der Waals surface area contributed by atoms with E-state index in [1.165, 1.54) is 14.2 Å². The van der Waals surface area contributed by atoms with Gasteiger partial charge in [-0.1, -0.05) is 12.1 Å². The van der Waals surface area contributed by atoms with Crippen molar-refractivity contribution in [1.82, 2.24) is 10.9 Å². The van der Waals surface area contributed by atoms with Crippen LogP contribution < -0.4 is 20.3 Å². The van der Waals surface area contributed by atoms with Crippen LogP contribution in [-0.2, 0) is 9.53 Å². The molecule has 0 bridgehead atoms. The number of carbonyl (C=O) groups excluding carboxylic acids is 2. The SMILES string of the molecule is COC(=O)NNC(=O)COc1ccccc1OC. The second-order valence-electron chi connectivity index (χ2n) is 3.10. The van der Waals surface area contributed by atoms with E-state index in [2.05, 4.69) is 10.2 Å². The normalized spacial score (nSPS) is 9.22. The van der Waals surface area contributed by atoms with E-state index in [9.17, 15) is 9.59 Å². The fraction of sp³-hybridized carbons (Fsp3) is 0.273. The minimum atomic E-state index is -0.763. The Balaban J connectivity index is 2.40. The number of hydrogen-bond acceptors (Lipinski definition) is 5. The predicted molar refractivity (Wildman–Crippen MR) is 62.2 cm³/mol. The van der Waals surface area contributed by atoms with E-state index in [1.807, 2.05) is 5.43 Å². The van der Waals surface area contributed by atoms with E-state index in [0.29, 0.717) is 11.5 Å². The van der Waals surface area contributed by atoms with Crippen LogP contribution in [0.1, 0.15) is 0 Å². The molecule has 1 aromatic rings. The third kappa shape index (κ3) is 4.20. The van der Waals surface area contributed by atoms with Crippen molar-refractivity contribution in [3.05, 3.63) is 24.3 Å². The highest BCUT2D eigenvalue weighted by molar-refractivity contribution is 5.80. The van der Waals surface area contributed by atoms with E-state index in [1.54, 1.807) is 24.3 Å². The molecule has 2 amide bonds. The zero-order chi connectivity index (χ0) is 13.4. The first-order valence-electron chi connectivity index (χ1n) is 5.06. The van der Waals surface area contributed by atoms with Gasteiger partial charge in [0.15, 0.2) is 18.1 Å². The molecule has 0 heterocycles. The van der Waals surface area contributed by atoms with Gasteiger partial charge < -0.3 is 14.2 Å². The fourth-order valence-electron chi connectivity index (χ4n) is 1.09. The van der Waals surface area contributed by atoms with Crippen LogP contribution in [0.5, 0.6) is 11.5 Å². The number of amides is 2. The van der Waals surface area contributed by atoms with Crippen LogP contribution in [0.25, 0.3) is 0 Å². The van der Waals surface area contributed by atoms with Crippen LogP contribution in [0, 0.1) is 0 Å². The Morgan fingerprint density at radius 1 is 1.11 bits per heavy atom. The predicted octanol–water partition coefficient (Wildman–Crippen LogP) is 0.461. The zero-order valence-electron chi connectivity index (χ0n) is 10.1. The lowest BCUT2D eigenvalue weighted by molar-refractivity contribution is -0.123. The molecular weight excluding hydrogens is 240 g/mol. The third-order valence-electron chi connectivity index (χ3n) is 1.92. The van der Waals surface area contributed by atoms with Crippen molar-refractivity contribution in [2.24, 2.45) is 0 Å². The highest BCUT2D eigenvalue weighted by atomic mass is 16.5. The first-order chi connectivity index (χ1) is 8.67. The monoisotopic (exact) mass is 254 g/mol. The Morgan fingerprint density at radius 3 is 2.39 bits per heavy atom. The molecule has 0 aromatic heterocycles. The van der Waals surface area contributed by atoms with Crippen molar-refractivity contribution in [3.63, 3.8) is 0 Å². The van der Waals surface area contributed by atoms with Crippen molar-refractivity contribution < 1.29 is 23.8 Å². The average molecular weight is 254 g/mol. The number of carbonyl (C=O) groups is 2. The fourth-order valence-corrected chi connectivity index (χ4v) is 1.09. The lowest BCUT2D eigenvalue weighted by Crippen LogP contribution is -2.43. The number of hydrogen-bond donors (Lipinski definition) is 2. The van der Waals surface area contributed by atoms with Crippen molar-refractivity contribution in [1.29, 1.82) is 0 Å². The Labute approximate surface area is 104 Å². The topological polar surface area (TPSA) is 85.9 Å². The van der Waals surface area contributed by atoms with Crippen molar-refractivity contribution in [2.45, 2.75) is 0 Å². The molecule has 0 aliphatic rings. The van der Waals surface area contributed by atoms with Gasteiger partial charge in [-0.2, -0.15) is 0 Å². The van der Waals surface area contributed by atoms with Crippen LogP contribution in [-0.4, -0.2) is 32.8 Å². The lowest BCUT2D eigenvalue weighted by atomic mass is 10.3. The van der Waals surface area contributed by atoms with Crippen LogP contribution in [0.2, 0.25) is 0 Å². The highest BCUT2D eigenvalue weighted by Crippen LogP contribution is 2.25. The summed E-state index contributed by atoms with van der Waals surface area (Å²) in [5.74, 6) is 0.436. The summed E-state index contributed by atoms with van der Waals surface area (Å²) in [5, 5.41) is 0. The minimum Gasteiger partial charge on any atom is -0.493 e. The molecule has 0 saturated carbocycles. The Bertz CT molecular complexity index is 422. The molecular formula is C11H14N2O5. The van der Waals surface area contributed by atoms with E-state index in [-0.39, 0.29) is 6.61 Å². The number of nitrogens with one attached hydrogen (secondary N) is 2. The van der Waals surface area contributed by atoms with Crippen molar-refractivity contribution >= 4 is 12.0 Å². The highest BCUT2D eigenvalue weighted by Gasteiger charge is 2.07. The number of benzene rings is 1. The minimum absolute atomic E-state index is 0.260. The van der Waals surface area contributed by atoms with Gasteiger partial charge in [-0.05, 0) is 12.1 Å². The number of para-hydroxylation sites is 2. The molecule has 2 N–H and O–H groups in total. The lowest BCUT2D eigenvalue weighted by Gasteiger charge is -2.10. The molecule has 0 atom stereocenters. The van der Waals surface area contributed by atoms with E-state index >= 15 is 0 Å². The molecule has 7 heteroatoms. The molecule has 98 valence electrons. The molecule has 0 saturated heterocycles. The van der Waals surface area contributed by atoms with Gasteiger partial charge in [-0.3, -0.25) is 10.2 Å². The largest absolute Gasteiger partial charge is 0.493 e. The average Bonchev–Trinajstić information content (AvgIpc) is 2.42. The summed E-state index contributed by atoms with van der Waals surface area (Å²) < 4.78 is 14.5. The van der Waals surface area contributed by atoms with Gasteiger partial charge in [-0.15, -0.1) is 0 Å². The molecule has 0 spiro atoms. The molecule has 1 rings (SSSR count). The maximum atomic E-state index is 11.3. The van der Waals surface area contributed by atoms with Crippen molar-refractivity contribution in [3.8, 4) is 11.5 Å². The second-order valence-corrected chi connectivity index (χ2v) is 3.10. The molecule has 0 aliphatic carbocycles. The maximum absolute atomic E-state index is 11.3. The van der Waals surface area contributed by atoms with Gasteiger partial charge in [-0.25, -0.2) is 10.2 Å². The Kier molecular flexibility index (Phi) is 5.30. The van der Waals surface area contributed by atoms with Crippen LogP contribution >= 0.6 is 0 Å². The van der Waals surface area contributed by atoms with Gasteiger partial charge >= 0.3 is 6.09 Å². The summed E-state index contributed by atoms with van der Waals surface area (Å²) in [5.41, 5.74) is 4.14. The molecule has 0 radical (unpaired) electrons. The van der Waals surface area contributed by atoms with Gasteiger partial charge in [0.25, 0.3) is 5.91 Å². The van der Waals surface area contributed by atoms with Crippen LogP contribution in [0.15, 0.2) is 24.3 Å². The molecule has 1 aromatic carbocycles. The maximum Gasteiger partial charge on any atom is 0.425 e. The van der Waals surface area contributed by atoms with Gasteiger partial charge in [0.2, 0.25) is 0 Å². The van der Waals surface area contributed by atoms with E-state index in [0.717, 1.165) is 0 Å². The van der Waals surface area contributed by atoms with Gasteiger partial charge in [0, 0.05) is 0 Å². The van der Waals surface area contributed by atoms with E-state index in [4.69, 9.17) is 9.47 Å². The van der Waals surface area contributed by atoms with Crippen molar-refractivity contribution in [2.75, 3.05) is 20.8 Å². The number of rotatable bonds is 4. The summed E-state index contributed by atoms with van der Waals surface area (Å²) in [6, 6.07) is 6.91. The summed E-state index contributed by atoms with van der Waals surface area (Å²) in [6.07, 6.45) is -0.763. The molecule has 0 aliphatic heterocycles. The first kappa shape index (κ1) is 13.6. The quantitative estimate of drug-likeness (QED) is 0.762. The van der Waals surface area contributed by atoms with E-state index < -0.39 is 12.0 Å². The molecule has 0 fully saturated rings. The van der Waals surface area contributed by atoms with Gasteiger partial charge in [0.05, 0.1) is 14.2 Å². The summed E-state index contributed by atoms with van der Waals surface area (Å²) in [4.78, 5) is 22.0. The number of methoxy groups -OCH3 is 2. The Morgan fingerprint density at radius 2 is 1.78 bits per heavy atom. The third-order valence-corrected chi connectivity index (χ3v) is 1.92. The molecule has 18 heavy (non-hydrogen) atoms. The zero-order valence-corrected chi connectivity index (χ0v) is 10.1. The Hall–Kier alpha value is -2.44. The summed E-state index contributed by atoms with van der Waals surface area (Å²) in [6.45, 7) is -0.260. The first-order valence-corrected chi connectivity index (χ1v) is 5.06. The van der Waals surface area contributed by atoms with Gasteiger partial charge in [0.1, 0.15) is 0 Å². The van der Waals surface area contributed by atoms with Crippen LogP contribution in [0.3, 0.4) is 0 Å².